The van der Waals surface area contributed by atoms with Gasteiger partial charge >= 0.3 is 25.6 Å². The topological polar surface area (TPSA) is 57.5 Å². The van der Waals surface area contributed by atoms with Gasteiger partial charge in [-0.2, -0.15) is 0 Å². The third-order valence-electron chi connectivity index (χ3n) is 0. The van der Waals surface area contributed by atoms with Gasteiger partial charge in [-0.3, -0.25) is 0 Å². The van der Waals surface area contributed by atoms with Gasteiger partial charge in [0.2, 0.25) is 0 Å². The minimum Gasteiger partial charge on any atom is -2.00 e. The van der Waals surface area contributed by atoms with Crippen molar-refractivity contribution in [3.05, 3.63) is 0 Å². The standard InChI is InChI=1S/CH2O3.S.Zn/c2-1(3)4;;/h(H2,2,3,4);;/q;-2;+2. The van der Waals surface area contributed by atoms with Crippen LogP contribution in [0.25, 0.3) is 0 Å². The third kappa shape index (κ3) is 754. The minimum absolute atomic E-state index is 0. The molecule has 0 aromatic rings. The van der Waals surface area contributed by atoms with Crippen LogP contribution in [0.1, 0.15) is 0 Å². The van der Waals surface area contributed by atoms with Gasteiger partial charge in [-0.05, 0) is 0 Å². The number of hydrogen-bond acceptors (Lipinski definition) is 1. The van der Waals surface area contributed by atoms with Crippen LogP contribution in [0.5, 0.6) is 0 Å². The maximum absolute atomic E-state index is 8.56. The van der Waals surface area contributed by atoms with Crippen molar-refractivity contribution in [2.45, 2.75) is 0 Å². The first-order chi connectivity index (χ1) is 1.73. The van der Waals surface area contributed by atoms with E-state index in [1.165, 1.54) is 0 Å². The summed E-state index contributed by atoms with van der Waals surface area (Å²) in [6, 6.07) is 0. The second-order valence-electron chi connectivity index (χ2n) is 0.283. The zero-order valence-corrected chi connectivity index (χ0v) is 6.70. The van der Waals surface area contributed by atoms with Crippen LogP contribution in [-0.4, -0.2) is 16.4 Å². The maximum Gasteiger partial charge on any atom is 2.00 e. The molecule has 3 nitrogen and oxygen atoms in total. The Morgan fingerprint density at radius 1 is 1.33 bits per heavy atom. The molecule has 0 rings (SSSR count). The number of carboxylic acid groups (broad SMARTS) is 2. The van der Waals surface area contributed by atoms with Crippen molar-refractivity contribution < 1.29 is 34.5 Å². The van der Waals surface area contributed by atoms with Crippen molar-refractivity contribution in [3.8, 4) is 0 Å². The SMILES string of the molecule is O=C(O)O.[S-2].[Zn+2]. The zero-order chi connectivity index (χ0) is 3.58. The minimum atomic E-state index is -1.83. The molecule has 32 valence electrons. The molecule has 0 aromatic carbocycles. The van der Waals surface area contributed by atoms with Crippen LogP contribution in [0.3, 0.4) is 0 Å². The average molecular weight is 159 g/mol. The van der Waals surface area contributed by atoms with Crippen LogP contribution in [-0.2, 0) is 33.0 Å². The molecule has 0 heterocycles. The second-order valence-corrected chi connectivity index (χ2v) is 0.283. The van der Waals surface area contributed by atoms with E-state index < -0.39 is 6.16 Å². The fourth-order valence-electron chi connectivity index (χ4n) is 0. The predicted octanol–water partition coefficient (Wildman–Crippen LogP) is 0.217. The molecule has 0 amide bonds. The molecule has 0 unspecified atom stereocenters. The molecule has 0 radical (unpaired) electrons. The van der Waals surface area contributed by atoms with Crippen LogP contribution in [0.4, 0.5) is 4.79 Å². The Balaban J connectivity index is -0.0000000450. The summed E-state index contributed by atoms with van der Waals surface area (Å²) in [7, 11) is 0. The molecule has 0 saturated carbocycles. The second kappa shape index (κ2) is 8.98. The molecule has 6 heavy (non-hydrogen) atoms. The summed E-state index contributed by atoms with van der Waals surface area (Å²) < 4.78 is 0. The Morgan fingerprint density at radius 3 is 1.33 bits per heavy atom. The first-order valence-electron chi connectivity index (χ1n) is 0.651. The molecule has 0 aliphatic heterocycles. The fraction of sp³-hybridized carbons (Fsp3) is 0. The summed E-state index contributed by atoms with van der Waals surface area (Å²) >= 11 is 0. The average Bonchev–Trinajstić information content (AvgIpc) is 0.811. The van der Waals surface area contributed by atoms with E-state index in [9.17, 15) is 0 Å². The van der Waals surface area contributed by atoms with Gasteiger partial charge in [0, 0.05) is 0 Å². The zero-order valence-electron chi connectivity index (χ0n) is 2.92. The summed E-state index contributed by atoms with van der Waals surface area (Å²) in [6.45, 7) is 0. The van der Waals surface area contributed by atoms with Crippen LogP contribution < -0.4 is 0 Å². The number of carbonyl (C=O) groups is 1. The van der Waals surface area contributed by atoms with Gasteiger partial charge in [0.25, 0.3) is 0 Å². The van der Waals surface area contributed by atoms with E-state index in [1.807, 2.05) is 0 Å². The Bertz CT molecular complexity index is 33.8. The van der Waals surface area contributed by atoms with Gasteiger partial charge in [-0.1, -0.05) is 0 Å². The van der Waals surface area contributed by atoms with Crippen molar-refractivity contribution in [1.29, 1.82) is 0 Å². The first-order valence-corrected chi connectivity index (χ1v) is 0.651. The molecule has 0 aliphatic carbocycles. The maximum atomic E-state index is 8.56. The van der Waals surface area contributed by atoms with Gasteiger partial charge in [-0.25, -0.2) is 4.79 Å². The summed E-state index contributed by atoms with van der Waals surface area (Å²) in [5.41, 5.74) is 0. The summed E-state index contributed by atoms with van der Waals surface area (Å²) in [6.07, 6.45) is -1.83. The normalized spacial score (nSPS) is 4.00. The Kier molecular flexibility index (Phi) is 24.4. The van der Waals surface area contributed by atoms with Crippen LogP contribution in [0.2, 0.25) is 0 Å². The van der Waals surface area contributed by atoms with Gasteiger partial charge in [0.1, 0.15) is 0 Å². The van der Waals surface area contributed by atoms with E-state index in [-0.39, 0.29) is 33.0 Å². The van der Waals surface area contributed by atoms with Crippen molar-refractivity contribution in [1.82, 2.24) is 0 Å². The van der Waals surface area contributed by atoms with E-state index in [0.717, 1.165) is 0 Å². The summed E-state index contributed by atoms with van der Waals surface area (Å²) in [5, 5.41) is 13.9. The van der Waals surface area contributed by atoms with Crippen molar-refractivity contribution in [3.63, 3.8) is 0 Å². The molecule has 0 bridgehead atoms. The van der Waals surface area contributed by atoms with Crippen molar-refractivity contribution >= 4 is 19.7 Å². The quantitative estimate of drug-likeness (QED) is 0.497. The molecule has 0 atom stereocenters. The monoisotopic (exact) mass is 158 g/mol. The Labute approximate surface area is 54.6 Å². The van der Waals surface area contributed by atoms with Crippen LogP contribution in [0.15, 0.2) is 0 Å². The van der Waals surface area contributed by atoms with E-state index >= 15 is 0 Å². The van der Waals surface area contributed by atoms with E-state index in [4.69, 9.17) is 15.0 Å². The van der Waals surface area contributed by atoms with E-state index in [2.05, 4.69) is 0 Å². The molecule has 2 N–H and O–H groups in total. The smallest absolute Gasteiger partial charge is 2.00 e. The molecule has 0 aromatic heterocycles. The van der Waals surface area contributed by atoms with E-state index in [0.29, 0.717) is 0 Å². The Morgan fingerprint density at radius 2 is 1.33 bits per heavy atom. The Hall–Kier alpha value is 0.243. The first kappa shape index (κ1) is 16.3. The summed E-state index contributed by atoms with van der Waals surface area (Å²) in [5.74, 6) is 0. The molecule has 0 saturated heterocycles. The molecule has 0 aliphatic rings. The third-order valence-corrected chi connectivity index (χ3v) is 0. The number of hydrogen-bond donors (Lipinski definition) is 2. The van der Waals surface area contributed by atoms with Gasteiger partial charge in [0.15, 0.2) is 0 Å². The van der Waals surface area contributed by atoms with Gasteiger partial charge in [0.05, 0.1) is 0 Å². The van der Waals surface area contributed by atoms with Crippen LogP contribution >= 0.6 is 0 Å². The van der Waals surface area contributed by atoms with Gasteiger partial charge in [-0.15, -0.1) is 0 Å². The molecular formula is CH2O3SZn. The molecule has 0 spiro atoms. The largest absolute Gasteiger partial charge is 2.00 e. The van der Waals surface area contributed by atoms with Crippen LogP contribution in [0, 0.1) is 0 Å². The predicted molar refractivity (Wildman–Crippen MR) is 18.0 cm³/mol. The fourth-order valence-corrected chi connectivity index (χ4v) is 0. The summed E-state index contributed by atoms with van der Waals surface area (Å²) in [4.78, 5) is 8.56. The van der Waals surface area contributed by atoms with Crippen molar-refractivity contribution in [2.24, 2.45) is 0 Å². The number of rotatable bonds is 0. The molecular weight excluding hydrogens is 157 g/mol. The molecule has 0 fully saturated rings. The van der Waals surface area contributed by atoms with Crippen molar-refractivity contribution in [2.75, 3.05) is 0 Å². The molecule has 5 heteroatoms. The van der Waals surface area contributed by atoms with Gasteiger partial charge < -0.3 is 23.7 Å². The van der Waals surface area contributed by atoms with E-state index in [1.54, 1.807) is 0 Å².